The Morgan fingerprint density at radius 1 is 0.917 bits per heavy atom. The minimum Gasteiger partial charge on any atom is -0.444 e. The Balaban J connectivity index is 1.66. The molecule has 1 aliphatic heterocycles. The average Bonchev–Trinajstić information content (AvgIpc) is 2.78. The summed E-state index contributed by atoms with van der Waals surface area (Å²) in [5, 5.41) is 4.77. The molecule has 1 aliphatic rings. The van der Waals surface area contributed by atoms with Gasteiger partial charge in [-0.1, -0.05) is 18.2 Å². The Morgan fingerprint density at radius 3 is 2.06 bits per heavy atom. The summed E-state index contributed by atoms with van der Waals surface area (Å²) in [7, 11) is 0. The van der Waals surface area contributed by atoms with E-state index >= 15 is 0 Å². The van der Waals surface area contributed by atoms with E-state index in [1.54, 1.807) is 39.0 Å². The number of rotatable bonds is 4. The van der Waals surface area contributed by atoms with Crippen LogP contribution in [0.25, 0.3) is 0 Å². The van der Waals surface area contributed by atoms with Gasteiger partial charge in [-0.2, -0.15) is 13.2 Å². The molecule has 8 nitrogen and oxygen atoms in total. The molecule has 0 spiro atoms. The number of likely N-dealkylation sites (tertiary alicyclic amines) is 1. The first kappa shape index (κ1) is 26.8. The van der Waals surface area contributed by atoms with Crippen molar-refractivity contribution in [1.29, 1.82) is 0 Å². The van der Waals surface area contributed by atoms with Gasteiger partial charge in [-0.25, -0.2) is 9.59 Å². The Kier molecular flexibility index (Phi) is 8.11. The number of hydrogen-bond donors (Lipinski definition) is 2. The molecule has 1 heterocycles. The maximum atomic E-state index is 13.5. The van der Waals surface area contributed by atoms with Crippen LogP contribution in [0.4, 0.5) is 34.1 Å². The fraction of sp³-hybridized carbons (Fsp3) is 0.400. The zero-order valence-electron chi connectivity index (χ0n) is 20.1. The van der Waals surface area contributed by atoms with Gasteiger partial charge in [0.15, 0.2) is 0 Å². The van der Waals surface area contributed by atoms with Crippen LogP contribution in [0.15, 0.2) is 48.5 Å². The zero-order valence-corrected chi connectivity index (χ0v) is 20.1. The molecule has 3 amide bonds. The predicted molar refractivity (Wildman–Crippen MR) is 127 cm³/mol. The molecular formula is C25H28F3N3O5. The molecule has 0 bridgehead atoms. The molecule has 2 aromatic carbocycles. The predicted octanol–water partition coefficient (Wildman–Crippen LogP) is 5.90. The Hall–Kier alpha value is -3.76. The molecular weight excluding hydrogens is 479 g/mol. The summed E-state index contributed by atoms with van der Waals surface area (Å²) in [4.78, 5) is 38.6. The first-order valence-corrected chi connectivity index (χ1v) is 11.3. The summed E-state index contributed by atoms with van der Waals surface area (Å²) < 4.78 is 50.8. The number of para-hydroxylation sites is 1. The monoisotopic (exact) mass is 507 g/mol. The van der Waals surface area contributed by atoms with Gasteiger partial charge < -0.3 is 19.7 Å². The number of amides is 3. The molecule has 0 atom stereocenters. The van der Waals surface area contributed by atoms with Gasteiger partial charge in [0.1, 0.15) is 11.4 Å². The fourth-order valence-corrected chi connectivity index (χ4v) is 3.57. The summed E-state index contributed by atoms with van der Waals surface area (Å²) in [5.74, 6) is -0.762. The zero-order chi connectivity index (χ0) is 26.5. The third-order valence-corrected chi connectivity index (χ3v) is 5.25. The molecule has 0 aromatic heterocycles. The number of alkyl halides is 3. The van der Waals surface area contributed by atoms with Crippen molar-refractivity contribution in [3.63, 3.8) is 0 Å². The number of anilines is 2. The normalized spacial score (nSPS) is 14.7. The van der Waals surface area contributed by atoms with Crippen LogP contribution in [-0.4, -0.2) is 41.7 Å². The van der Waals surface area contributed by atoms with E-state index in [0.717, 1.165) is 12.1 Å². The lowest BCUT2D eigenvalue weighted by Gasteiger charge is -2.33. The van der Waals surface area contributed by atoms with E-state index in [1.807, 2.05) is 0 Å². The van der Waals surface area contributed by atoms with Crippen molar-refractivity contribution in [3.05, 3.63) is 54.1 Å². The lowest BCUT2D eigenvalue weighted by molar-refractivity contribution is -0.137. The van der Waals surface area contributed by atoms with E-state index in [-0.39, 0.29) is 30.2 Å². The Labute approximate surface area is 206 Å². The summed E-state index contributed by atoms with van der Waals surface area (Å²) >= 11 is 0. The van der Waals surface area contributed by atoms with Gasteiger partial charge in [0.25, 0.3) is 0 Å². The van der Waals surface area contributed by atoms with Gasteiger partial charge in [-0.15, -0.1) is 0 Å². The van der Waals surface area contributed by atoms with Crippen LogP contribution >= 0.6 is 0 Å². The summed E-state index contributed by atoms with van der Waals surface area (Å²) in [6, 6.07) is 10.8. The lowest BCUT2D eigenvalue weighted by atomic mass is 9.96. The molecule has 2 aromatic rings. The van der Waals surface area contributed by atoms with E-state index in [4.69, 9.17) is 9.47 Å². The molecule has 11 heteroatoms. The van der Waals surface area contributed by atoms with Gasteiger partial charge in [-0.3, -0.25) is 10.1 Å². The van der Waals surface area contributed by atoms with Crippen molar-refractivity contribution in [1.82, 2.24) is 4.90 Å². The fourth-order valence-electron chi connectivity index (χ4n) is 3.57. The number of hydrogen-bond acceptors (Lipinski definition) is 5. The number of carbonyl (C=O) groups excluding carboxylic acids is 3. The smallest absolute Gasteiger partial charge is 0.417 e. The van der Waals surface area contributed by atoms with Crippen LogP contribution < -0.4 is 15.4 Å². The quantitative estimate of drug-likeness (QED) is 0.537. The summed E-state index contributed by atoms with van der Waals surface area (Å²) in [5.41, 5.74) is -2.01. The molecule has 0 unspecified atom stereocenters. The van der Waals surface area contributed by atoms with E-state index in [9.17, 15) is 27.6 Å². The van der Waals surface area contributed by atoms with E-state index < -0.39 is 41.4 Å². The van der Waals surface area contributed by atoms with Gasteiger partial charge >= 0.3 is 18.4 Å². The van der Waals surface area contributed by atoms with Gasteiger partial charge in [0.2, 0.25) is 5.91 Å². The number of halogens is 3. The van der Waals surface area contributed by atoms with Crippen molar-refractivity contribution in [2.45, 2.75) is 45.4 Å². The third-order valence-electron chi connectivity index (χ3n) is 5.25. The largest absolute Gasteiger partial charge is 0.444 e. The number of nitrogens with one attached hydrogen (secondary N) is 2. The molecule has 1 fully saturated rings. The highest BCUT2D eigenvalue weighted by Gasteiger charge is 2.33. The van der Waals surface area contributed by atoms with E-state index in [2.05, 4.69) is 10.6 Å². The lowest BCUT2D eigenvalue weighted by Crippen LogP contribution is -2.43. The molecule has 1 saturated heterocycles. The standard InChI is InChI=1S/C25H28F3N3O5/c1-24(2,3)36-23(34)31-11-9-16(10-12-31)21(32)29-18-13-17(25(26,27)28)14-19(15-18)30-22(33)35-20-7-5-4-6-8-20/h4-8,13-16H,9-12H2,1-3H3,(H,29,32)(H,30,33). The van der Waals surface area contributed by atoms with Crippen LogP contribution in [0.5, 0.6) is 5.75 Å². The summed E-state index contributed by atoms with van der Waals surface area (Å²) in [6.45, 7) is 5.83. The SMILES string of the molecule is CC(C)(C)OC(=O)N1CCC(C(=O)Nc2cc(NC(=O)Oc3ccccc3)cc(C(F)(F)F)c2)CC1. The molecule has 3 rings (SSSR count). The number of ether oxygens (including phenoxy) is 2. The van der Waals surface area contributed by atoms with Crippen molar-refractivity contribution in [2.24, 2.45) is 5.92 Å². The van der Waals surface area contributed by atoms with Gasteiger partial charge in [0, 0.05) is 30.4 Å². The topological polar surface area (TPSA) is 97.0 Å². The van der Waals surface area contributed by atoms with Crippen LogP contribution in [-0.2, 0) is 15.7 Å². The molecule has 0 saturated carbocycles. The van der Waals surface area contributed by atoms with Gasteiger partial charge in [-0.05, 0) is 63.9 Å². The van der Waals surface area contributed by atoms with E-state index in [0.29, 0.717) is 12.8 Å². The Morgan fingerprint density at radius 2 is 1.50 bits per heavy atom. The molecule has 0 radical (unpaired) electrons. The first-order valence-electron chi connectivity index (χ1n) is 11.3. The van der Waals surface area contributed by atoms with Crippen molar-refractivity contribution < 1.29 is 37.0 Å². The third kappa shape index (κ3) is 7.89. The van der Waals surface area contributed by atoms with Crippen LogP contribution in [0.3, 0.4) is 0 Å². The highest BCUT2D eigenvalue weighted by atomic mass is 19.4. The second-order valence-corrected chi connectivity index (χ2v) is 9.36. The van der Waals surface area contributed by atoms with Crippen molar-refractivity contribution >= 4 is 29.5 Å². The number of benzene rings is 2. The van der Waals surface area contributed by atoms with Gasteiger partial charge in [0.05, 0.1) is 5.56 Å². The minimum atomic E-state index is -4.71. The van der Waals surface area contributed by atoms with Crippen LogP contribution in [0, 0.1) is 5.92 Å². The van der Waals surface area contributed by atoms with Crippen molar-refractivity contribution in [3.8, 4) is 5.75 Å². The maximum absolute atomic E-state index is 13.5. The molecule has 0 aliphatic carbocycles. The molecule has 2 N–H and O–H groups in total. The van der Waals surface area contributed by atoms with Crippen LogP contribution in [0.1, 0.15) is 39.2 Å². The van der Waals surface area contributed by atoms with E-state index in [1.165, 1.54) is 23.1 Å². The first-order chi connectivity index (χ1) is 16.8. The second kappa shape index (κ2) is 10.9. The highest BCUT2D eigenvalue weighted by Crippen LogP contribution is 2.34. The maximum Gasteiger partial charge on any atom is 0.417 e. The minimum absolute atomic E-state index is 0.126. The molecule has 194 valence electrons. The number of carbonyl (C=O) groups is 3. The Bertz CT molecular complexity index is 1090. The number of nitrogens with zero attached hydrogens (tertiary/aromatic N) is 1. The molecule has 36 heavy (non-hydrogen) atoms. The number of piperidine rings is 1. The summed E-state index contributed by atoms with van der Waals surface area (Å²) in [6.07, 6.45) is -5.50. The van der Waals surface area contributed by atoms with Crippen LogP contribution in [0.2, 0.25) is 0 Å². The van der Waals surface area contributed by atoms with Crippen molar-refractivity contribution in [2.75, 3.05) is 23.7 Å². The second-order valence-electron chi connectivity index (χ2n) is 9.36. The highest BCUT2D eigenvalue weighted by molar-refractivity contribution is 5.94. The average molecular weight is 508 g/mol.